The zero-order valence-corrected chi connectivity index (χ0v) is 26.3. The third-order valence-corrected chi connectivity index (χ3v) is 10.8. The van der Waals surface area contributed by atoms with E-state index in [2.05, 4.69) is 15.6 Å². The predicted octanol–water partition coefficient (Wildman–Crippen LogP) is 3.22. The molecule has 0 bridgehead atoms. The van der Waals surface area contributed by atoms with Gasteiger partial charge in [0.1, 0.15) is 12.1 Å². The number of nitrogens with one attached hydrogen (secondary N) is 2. The number of amides is 2. The molecule has 0 saturated heterocycles. The Kier molecular flexibility index (Phi) is 11.2. The molecule has 9 nitrogen and oxygen atoms in total. The van der Waals surface area contributed by atoms with Gasteiger partial charge in [-0.1, -0.05) is 76.3 Å². The summed E-state index contributed by atoms with van der Waals surface area (Å²) in [6.07, 6.45) is 5.42. The molecule has 1 aromatic carbocycles. The molecule has 1 heterocycles. The minimum Gasteiger partial charge on any atom is -0.390 e. The summed E-state index contributed by atoms with van der Waals surface area (Å²) >= 11 is 1.38. The lowest BCUT2D eigenvalue weighted by Crippen LogP contribution is -2.56. The highest BCUT2D eigenvalue weighted by Crippen LogP contribution is 2.52. The quantitative estimate of drug-likeness (QED) is 0.254. The Bertz CT molecular complexity index is 1260. The monoisotopic (exact) mass is 619 g/mol. The molecule has 0 spiro atoms. The Morgan fingerprint density at radius 2 is 1.76 bits per heavy atom. The van der Waals surface area contributed by atoms with Gasteiger partial charge < -0.3 is 20.8 Å². The predicted molar refractivity (Wildman–Crippen MR) is 164 cm³/mol. The second-order valence-electron chi connectivity index (χ2n) is 12.5. The topological polar surface area (TPSA) is 146 Å². The van der Waals surface area contributed by atoms with Gasteiger partial charge in [0.2, 0.25) is 11.8 Å². The van der Waals surface area contributed by atoms with E-state index in [0.29, 0.717) is 24.5 Å². The minimum absolute atomic E-state index is 0.119. The maximum Gasteiger partial charge on any atom is 0.243 e. The van der Waals surface area contributed by atoms with Gasteiger partial charge in [0.25, 0.3) is 0 Å². The molecule has 0 unspecified atom stereocenters. The van der Waals surface area contributed by atoms with E-state index in [1.807, 2.05) is 44.2 Å². The largest absolute Gasteiger partial charge is 0.390 e. The lowest BCUT2D eigenvalue weighted by molar-refractivity contribution is -0.131. The van der Waals surface area contributed by atoms with Crippen LogP contribution in [0.15, 0.2) is 41.2 Å². The number of thiazole rings is 1. The van der Waals surface area contributed by atoms with Crippen molar-refractivity contribution in [3.8, 4) is 0 Å². The zero-order chi connectivity index (χ0) is 30.4. The van der Waals surface area contributed by atoms with Gasteiger partial charge >= 0.3 is 0 Å². The van der Waals surface area contributed by atoms with Crippen LogP contribution < -0.4 is 10.6 Å². The molecule has 2 amide bonds. The molecule has 0 radical (unpaired) electrons. The van der Waals surface area contributed by atoms with E-state index in [-0.39, 0.29) is 12.3 Å². The fourth-order valence-corrected chi connectivity index (χ4v) is 8.63. The van der Waals surface area contributed by atoms with Crippen LogP contribution in [0.3, 0.4) is 0 Å². The van der Waals surface area contributed by atoms with Crippen molar-refractivity contribution >= 4 is 33.0 Å². The van der Waals surface area contributed by atoms with Gasteiger partial charge in [0.15, 0.2) is 9.84 Å². The maximum absolute atomic E-state index is 13.8. The number of rotatable bonds is 14. The molecule has 2 aliphatic rings. The minimum atomic E-state index is -3.53. The molecule has 42 heavy (non-hydrogen) atoms. The first kappa shape index (κ1) is 32.6. The van der Waals surface area contributed by atoms with Crippen LogP contribution in [0.1, 0.15) is 76.0 Å². The van der Waals surface area contributed by atoms with E-state index in [1.54, 1.807) is 10.9 Å². The number of aliphatic hydroxyl groups is 2. The van der Waals surface area contributed by atoms with Crippen LogP contribution in [0, 0.1) is 17.8 Å². The number of benzene rings is 1. The van der Waals surface area contributed by atoms with Gasteiger partial charge in [0.05, 0.1) is 34.5 Å². The second kappa shape index (κ2) is 14.4. The molecule has 2 fully saturated rings. The molecule has 2 saturated carbocycles. The van der Waals surface area contributed by atoms with Crippen molar-refractivity contribution in [2.24, 2.45) is 17.8 Å². The molecule has 11 heteroatoms. The van der Waals surface area contributed by atoms with Crippen LogP contribution in [0.2, 0.25) is 0 Å². The fourth-order valence-electron chi connectivity index (χ4n) is 6.46. The summed E-state index contributed by atoms with van der Waals surface area (Å²) in [5.41, 5.74) is 3.04. The van der Waals surface area contributed by atoms with Crippen molar-refractivity contribution in [2.75, 3.05) is 6.26 Å². The molecule has 2 aliphatic carbocycles. The number of hydrogen-bond acceptors (Lipinski definition) is 8. The van der Waals surface area contributed by atoms with Crippen molar-refractivity contribution < 1.29 is 28.2 Å². The van der Waals surface area contributed by atoms with Crippen molar-refractivity contribution in [1.29, 1.82) is 0 Å². The van der Waals surface area contributed by atoms with Crippen molar-refractivity contribution in [1.82, 2.24) is 15.6 Å². The lowest BCUT2D eigenvalue weighted by atomic mass is 9.82. The van der Waals surface area contributed by atoms with E-state index in [9.17, 15) is 28.2 Å². The van der Waals surface area contributed by atoms with Crippen molar-refractivity contribution in [2.45, 2.75) is 101 Å². The summed E-state index contributed by atoms with van der Waals surface area (Å²) in [5.74, 6) is -1.80. The van der Waals surface area contributed by atoms with Crippen molar-refractivity contribution in [3.05, 3.63) is 52.5 Å². The Morgan fingerprint density at radius 1 is 1.07 bits per heavy atom. The summed E-state index contributed by atoms with van der Waals surface area (Å²) in [6, 6.07) is 7.37. The number of carbonyl (C=O) groups is 2. The summed E-state index contributed by atoms with van der Waals surface area (Å²) in [6.45, 7) is 3.93. The molecular weight excluding hydrogens is 574 g/mol. The number of aliphatic hydroxyl groups excluding tert-OH is 2. The molecule has 0 aliphatic heterocycles. The fraction of sp³-hybridized carbons (Fsp3) is 0.645. The van der Waals surface area contributed by atoms with E-state index in [4.69, 9.17) is 0 Å². The highest BCUT2D eigenvalue weighted by Gasteiger charge is 2.61. The van der Waals surface area contributed by atoms with Crippen LogP contribution in [-0.2, 0) is 25.8 Å². The Morgan fingerprint density at radius 3 is 2.36 bits per heavy atom. The van der Waals surface area contributed by atoms with Crippen LogP contribution in [0.5, 0.6) is 0 Å². The average molecular weight is 620 g/mol. The van der Waals surface area contributed by atoms with E-state index in [0.717, 1.165) is 37.5 Å². The van der Waals surface area contributed by atoms with Gasteiger partial charge in [-0.05, 0) is 30.2 Å². The molecular formula is C31H45N3O6S2. The molecule has 4 N–H and O–H groups in total. The Balaban J connectivity index is 1.54. The van der Waals surface area contributed by atoms with Gasteiger partial charge in [-0.25, -0.2) is 13.4 Å². The summed E-state index contributed by atoms with van der Waals surface area (Å²) in [4.78, 5) is 31.7. The maximum atomic E-state index is 13.8. The van der Waals surface area contributed by atoms with Crippen LogP contribution in [0.25, 0.3) is 0 Å². The first-order valence-electron chi connectivity index (χ1n) is 15.0. The van der Waals surface area contributed by atoms with E-state index >= 15 is 0 Å². The van der Waals surface area contributed by atoms with E-state index < -0.39 is 63.0 Å². The third-order valence-electron chi connectivity index (χ3n) is 8.62. The van der Waals surface area contributed by atoms with Crippen molar-refractivity contribution in [3.63, 3.8) is 0 Å². The standard InChI is InChI=1S/C31H45N3O6S2/c1-19(2)14-25(35)28(36)23(15-20-10-6-4-7-11-20)33-30(37)24(16-22-17-41-18-32-22)34-31(38)27-26(29(27)42(3,39)40)21-12-8-5-9-13-21/h5,8-9,12-13,17-20,23-29,35-36H,4,6-7,10-11,14-16H2,1-3H3,(H,33,37)(H,34,38)/t23-,24-,25-,26+,27+,28+,29+/m0/s1. The molecule has 7 atom stereocenters. The van der Waals surface area contributed by atoms with E-state index in [1.165, 1.54) is 17.8 Å². The summed E-state index contributed by atoms with van der Waals surface area (Å²) in [7, 11) is -3.53. The van der Waals surface area contributed by atoms with Gasteiger partial charge in [-0.3, -0.25) is 9.59 Å². The summed E-state index contributed by atoms with van der Waals surface area (Å²) < 4.78 is 25.2. The lowest BCUT2D eigenvalue weighted by Gasteiger charge is -2.33. The summed E-state index contributed by atoms with van der Waals surface area (Å²) in [5, 5.41) is 28.7. The van der Waals surface area contributed by atoms with Gasteiger partial charge in [-0.2, -0.15) is 0 Å². The van der Waals surface area contributed by atoms with Crippen LogP contribution in [0.4, 0.5) is 0 Å². The van der Waals surface area contributed by atoms with Gasteiger partial charge in [0, 0.05) is 24.0 Å². The first-order valence-corrected chi connectivity index (χ1v) is 17.9. The number of carbonyl (C=O) groups excluding carboxylic acids is 2. The zero-order valence-electron chi connectivity index (χ0n) is 24.7. The number of aromatic nitrogens is 1. The number of nitrogens with zero attached hydrogens (tertiary/aromatic N) is 1. The first-order chi connectivity index (χ1) is 20.0. The van der Waals surface area contributed by atoms with Crippen LogP contribution in [-0.4, -0.2) is 71.2 Å². The molecule has 2 aromatic rings. The van der Waals surface area contributed by atoms with Gasteiger partial charge in [-0.15, -0.1) is 11.3 Å². The third kappa shape index (κ3) is 8.61. The number of hydrogen-bond donors (Lipinski definition) is 4. The Hall–Kier alpha value is -2.34. The number of sulfone groups is 1. The Labute approximate surface area is 253 Å². The normalized spacial score (nSPS) is 24.0. The highest BCUT2D eigenvalue weighted by molar-refractivity contribution is 7.91. The SMILES string of the molecule is CC(C)C[C@H](O)[C@H](O)[C@H](CC1CCCCC1)NC(=O)[C@H](Cc1cscn1)NC(=O)[C@@H]1[C@@H](c2ccccc2)[C@H]1S(C)(=O)=O. The smallest absolute Gasteiger partial charge is 0.243 e. The average Bonchev–Trinajstić information content (AvgIpc) is 3.53. The van der Waals surface area contributed by atoms with Crippen LogP contribution >= 0.6 is 11.3 Å². The molecule has 1 aromatic heterocycles. The highest BCUT2D eigenvalue weighted by atomic mass is 32.2. The second-order valence-corrected chi connectivity index (χ2v) is 15.5. The molecule has 232 valence electrons. The molecule has 4 rings (SSSR count).